The summed E-state index contributed by atoms with van der Waals surface area (Å²) in [4.78, 5) is 23.4. The second-order valence-electron chi connectivity index (χ2n) is 5.26. The second kappa shape index (κ2) is 8.96. The van der Waals surface area contributed by atoms with E-state index in [9.17, 15) is 9.59 Å². The SMILES string of the molecule is CCOC(=O)CCCNC(=O)C1=Cc2cc(OCC)ccc2OC1. The maximum atomic E-state index is 12.2. The number of fused-ring (bicyclic) bond motifs is 1. The van der Waals surface area contributed by atoms with Crippen molar-refractivity contribution in [2.45, 2.75) is 26.7 Å². The van der Waals surface area contributed by atoms with Crippen LogP contribution in [0.25, 0.3) is 6.08 Å². The van der Waals surface area contributed by atoms with Crippen molar-refractivity contribution in [1.29, 1.82) is 0 Å². The third kappa shape index (κ3) is 5.01. The first-order valence-corrected chi connectivity index (χ1v) is 8.18. The molecule has 0 radical (unpaired) electrons. The molecule has 0 spiro atoms. The van der Waals surface area contributed by atoms with Crippen LogP contribution in [0, 0.1) is 0 Å². The fourth-order valence-electron chi connectivity index (χ4n) is 2.32. The lowest BCUT2D eigenvalue weighted by Gasteiger charge is -2.18. The summed E-state index contributed by atoms with van der Waals surface area (Å²) >= 11 is 0. The molecular weight excluding hydrogens is 310 g/mol. The molecule has 130 valence electrons. The Morgan fingerprint density at radius 1 is 1.25 bits per heavy atom. The highest BCUT2D eigenvalue weighted by molar-refractivity contribution is 5.99. The van der Waals surface area contributed by atoms with Crippen LogP contribution < -0.4 is 14.8 Å². The molecule has 6 nitrogen and oxygen atoms in total. The van der Waals surface area contributed by atoms with Gasteiger partial charge in [0.25, 0.3) is 5.91 Å². The van der Waals surface area contributed by atoms with E-state index in [1.807, 2.05) is 31.2 Å². The van der Waals surface area contributed by atoms with Crippen LogP contribution in [0.2, 0.25) is 0 Å². The van der Waals surface area contributed by atoms with Crippen molar-refractivity contribution in [3.8, 4) is 11.5 Å². The lowest BCUT2D eigenvalue weighted by Crippen LogP contribution is -2.29. The number of rotatable bonds is 8. The van der Waals surface area contributed by atoms with Gasteiger partial charge in [-0.2, -0.15) is 0 Å². The second-order valence-corrected chi connectivity index (χ2v) is 5.26. The zero-order chi connectivity index (χ0) is 17.4. The molecule has 1 N–H and O–H groups in total. The summed E-state index contributed by atoms with van der Waals surface area (Å²) in [5, 5.41) is 2.79. The van der Waals surface area contributed by atoms with Gasteiger partial charge in [-0.1, -0.05) is 0 Å². The van der Waals surface area contributed by atoms with E-state index in [-0.39, 0.29) is 18.5 Å². The van der Waals surface area contributed by atoms with E-state index >= 15 is 0 Å². The maximum absolute atomic E-state index is 12.2. The van der Waals surface area contributed by atoms with Crippen LogP contribution in [-0.2, 0) is 14.3 Å². The molecule has 0 aromatic heterocycles. The average Bonchev–Trinajstić information content (AvgIpc) is 2.58. The van der Waals surface area contributed by atoms with Gasteiger partial charge in [0, 0.05) is 18.5 Å². The Kier molecular flexibility index (Phi) is 6.66. The van der Waals surface area contributed by atoms with Crippen LogP contribution in [0.5, 0.6) is 11.5 Å². The molecule has 1 aliphatic heterocycles. The molecule has 1 aromatic rings. The predicted molar refractivity (Wildman–Crippen MR) is 90.0 cm³/mol. The topological polar surface area (TPSA) is 73.9 Å². The van der Waals surface area contributed by atoms with Crippen LogP contribution in [0.1, 0.15) is 32.3 Å². The Balaban J connectivity index is 1.89. The van der Waals surface area contributed by atoms with Crippen molar-refractivity contribution in [2.75, 3.05) is 26.4 Å². The van der Waals surface area contributed by atoms with Gasteiger partial charge in [0.1, 0.15) is 18.1 Å². The van der Waals surface area contributed by atoms with Gasteiger partial charge in [-0.25, -0.2) is 0 Å². The number of carbonyl (C=O) groups is 2. The molecule has 0 aliphatic carbocycles. The first kappa shape index (κ1) is 17.8. The van der Waals surface area contributed by atoms with E-state index in [1.54, 1.807) is 6.92 Å². The molecule has 0 bridgehead atoms. The standard InChI is InChI=1S/C18H23NO5/c1-3-22-15-7-8-16-13(11-15)10-14(12-24-16)18(21)19-9-5-6-17(20)23-4-2/h7-8,10-11H,3-6,9,12H2,1-2H3,(H,19,21). The van der Waals surface area contributed by atoms with Crippen LogP contribution >= 0.6 is 0 Å². The van der Waals surface area contributed by atoms with Crippen molar-refractivity contribution in [2.24, 2.45) is 0 Å². The van der Waals surface area contributed by atoms with Crippen molar-refractivity contribution >= 4 is 18.0 Å². The highest BCUT2D eigenvalue weighted by atomic mass is 16.5. The monoisotopic (exact) mass is 333 g/mol. The van der Waals surface area contributed by atoms with Gasteiger partial charge >= 0.3 is 5.97 Å². The number of esters is 1. The Morgan fingerprint density at radius 3 is 2.83 bits per heavy atom. The summed E-state index contributed by atoms with van der Waals surface area (Å²) in [5.41, 5.74) is 1.37. The fourth-order valence-corrected chi connectivity index (χ4v) is 2.32. The van der Waals surface area contributed by atoms with Gasteiger partial charge in [-0.3, -0.25) is 9.59 Å². The van der Waals surface area contributed by atoms with Crippen LogP contribution in [-0.4, -0.2) is 38.2 Å². The third-order valence-corrected chi connectivity index (χ3v) is 3.45. The maximum Gasteiger partial charge on any atom is 0.305 e. The molecule has 0 unspecified atom stereocenters. The summed E-state index contributed by atoms with van der Waals surface area (Å²) in [6.45, 7) is 5.28. The number of benzene rings is 1. The minimum absolute atomic E-state index is 0.189. The van der Waals surface area contributed by atoms with Crippen LogP contribution in [0.3, 0.4) is 0 Å². The average molecular weight is 333 g/mol. The third-order valence-electron chi connectivity index (χ3n) is 3.45. The van der Waals surface area contributed by atoms with Gasteiger partial charge < -0.3 is 19.5 Å². The molecule has 0 saturated heterocycles. The Labute approximate surface area is 141 Å². The van der Waals surface area contributed by atoms with E-state index in [0.717, 1.165) is 17.1 Å². The minimum atomic E-state index is -0.246. The normalized spacial score (nSPS) is 12.5. The highest BCUT2D eigenvalue weighted by Gasteiger charge is 2.17. The number of carbonyl (C=O) groups excluding carboxylic acids is 2. The Morgan fingerprint density at radius 2 is 2.08 bits per heavy atom. The minimum Gasteiger partial charge on any atom is -0.494 e. The zero-order valence-corrected chi connectivity index (χ0v) is 14.1. The molecular formula is C18H23NO5. The first-order valence-electron chi connectivity index (χ1n) is 8.18. The summed E-state index contributed by atoms with van der Waals surface area (Å²) in [5.74, 6) is 1.04. The molecule has 1 heterocycles. The van der Waals surface area contributed by atoms with Crippen molar-refractivity contribution in [1.82, 2.24) is 5.32 Å². The van der Waals surface area contributed by atoms with Gasteiger partial charge in [0.2, 0.25) is 0 Å². The number of nitrogens with one attached hydrogen (secondary N) is 1. The summed E-state index contributed by atoms with van der Waals surface area (Å²) < 4.78 is 15.9. The Bertz CT molecular complexity index is 624. The number of hydrogen-bond acceptors (Lipinski definition) is 5. The van der Waals surface area contributed by atoms with Gasteiger partial charge in [0.15, 0.2) is 0 Å². The molecule has 0 atom stereocenters. The molecule has 0 saturated carbocycles. The number of hydrogen-bond donors (Lipinski definition) is 1. The van der Waals surface area contributed by atoms with Crippen LogP contribution in [0.15, 0.2) is 23.8 Å². The van der Waals surface area contributed by atoms with E-state index in [1.165, 1.54) is 0 Å². The van der Waals surface area contributed by atoms with E-state index in [2.05, 4.69) is 5.32 Å². The molecule has 2 rings (SSSR count). The predicted octanol–water partition coefficient (Wildman–Crippen LogP) is 2.32. The lowest BCUT2D eigenvalue weighted by molar-refractivity contribution is -0.143. The fraction of sp³-hybridized carbons (Fsp3) is 0.444. The largest absolute Gasteiger partial charge is 0.494 e. The number of amides is 1. The molecule has 0 fully saturated rings. The van der Waals surface area contributed by atoms with Gasteiger partial charge in [-0.15, -0.1) is 0 Å². The van der Waals surface area contributed by atoms with Crippen molar-refractivity contribution in [3.05, 3.63) is 29.3 Å². The highest BCUT2D eigenvalue weighted by Crippen LogP contribution is 2.30. The lowest BCUT2D eigenvalue weighted by atomic mass is 10.1. The molecule has 1 aromatic carbocycles. The van der Waals surface area contributed by atoms with Crippen LogP contribution in [0.4, 0.5) is 0 Å². The van der Waals surface area contributed by atoms with E-state index < -0.39 is 0 Å². The zero-order valence-electron chi connectivity index (χ0n) is 14.1. The van der Waals surface area contributed by atoms with Gasteiger partial charge in [0.05, 0.1) is 18.8 Å². The van der Waals surface area contributed by atoms with E-state index in [4.69, 9.17) is 14.2 Å². The molecule has 1 amide bonds. The molecule has 6 heteroatoms. The van der Waals surface area contributed by atoms with Crippen molar-refractivity contribution < 1.29 is 23.8 Å². The van der Waals surface area contributed by atoms with Crippen molar-refractivity contribution in [3.63, 3.8) is 0 Å². The summed E-state index contributed by atoms with van der Waals surface area (Å²) in [7, 11) is 0. The molecule has 24 heavy (non-hydrogen) atoms. The smallest absolute Gasteiger partial charge is 0.305 e. The van der Waals surface area contributed by atoms with Gasteiger partial charge in [-0.05, 0) is 44.5 Å². The Hall–Kier alpha value is -2.50. The first-order chi connectivity index (χ1) is 11.6. The molecule has 1 aliphatic rings. The summed E-state index contributed by atoms with van der Waals surface area (Å²) in [6.07, 6.45) is 2.65. The number of ether oxygens (including phenoxy) is 3. The quantitative estimate of drug-likeness (QED) is 0.584. The van der Waals surface area contributed by atoms with E-state index in [0.29, 0.717) is 38.2 Å². The summed E-state index contributed by atoms with van der Waals surface area (Å²) in [6, 6.07) is 5.54.